The third-order valence-electron chi connectivity index (χ3n) is 7.95. The number of rotatable bonds is 14. The first-order valence-corrected chi connectivity index (χ1v) is 14.3. The van der Waals surface area contributed by atoms with Crippen LogP contribution in [0.3, 0.4) is 0 Å². The van der Waals surface area contributed by atoms with E-state index in [2.05, 4.69) is 16.0 Å². The van der Waals surface area contributed by atoms with Gasteiger partial charge in [-0.25, -0.2) is 8.78 Å². The van der Waals surface area contributed by atoms with Crippen LogP contribution in [-0.2, 0) is 35.1 Å². The van der Waals surface area contributed by atoms with Crippen molar-refractivity contribution in [3.05, 3.63) is 29.8 Å². The maximum atomic E-state index is 13.6. The molecule has 42 heavy (non-hydrogen) atoms. The molecule has 0 spiro atoms. The van der Waals surface area contributed by atoms with Crippen LogP contribution in [0.15, 0.2) is 24.3 Å². The molecule has 2 saturated heterocycles. The number of ketones is 1. The van der Waals surface area contributed by atoms with Crippen molar-refractivity contribution in [1.29, 1.82) is 0 Å². The number of nitrogens with zero attached hydrogens (tertiary/aromatic N) is 1. The number of carbonyl (C=O) groups excluding carboxylic acids is 4. The second-order valence-electron chi connectivity index (χ2n) is 11.6. The number of nitrogens with one attached hydrogen (secondary N) is 3. The number of hydrogen-bond donors (Lipinski definition) is 3. The number of epoxide rings is 1. The Balaban J connectivity index is 1.43. The molecule has 3 aliphatic rings. The number of benzene rings is 1. The predicted octanol–water partition coefficient (Wildman–Crippen LogP) is 0.838. The minimum atomic E-state index is -2.77. The molecule has 13 heteroatoms. The van der Waals surface area contributed by atoms with Crippen LogP contribution in [-0.4, -0.2) is 105 Å². The Morgan fingerprint density at radius 2 is 1.64 bits per heavy atom. The highest BCUT2D eigenvalue weighted by atomic mass is 19.3. The maximum absolute atomic E-state index is 13.6. The number of morpholine rings is 1. The zero-order chi connectivity index (χ0) is 30.5. The molecule has 4 atom stereocenters. The Morgan fingerprint density at radius 3 is 2.21 bits per heavy atom. The van der Waals surface area contributed by atoms with Crippen molar-refractivity contribution in [2.75, 3.05) is 46.6 Å². The van der Waals surface area contributed by atoms with Gasteiger partial charge in [-0.15, -0.1) is 0 Å². The van der Waals surface area contributed by atoms with E-state index >= 15 is 0 Å². The van der Waals surface area contributed by atoms with E-state index in [-0.39, 0.29) is 50.5 Å². The van der Waals surface area contributed by atoms with Gasteiger partial charge >= 0.3 is 0 Å². The molecule has 4 unspecified atom stereocenters. The Labute approximate surface area is 244 Å². The molecule has 1 aromatic carbocycles. The summed E-state index contributed by atoms with van der Waals surface area (Å²) in [6, 6.07) is 3.82. The van der Waals surface area contributed by atoms with Gasteiger partial charge in [-0.1, -0.05) is 12.1 Å². The molecular formula is C29H40F2N4O7. The molecule has 2 heterocycles. The summed E-state index contributed by atoms with van der Waals surface area (Å²) < 4.78 is 42.8. The van der Waals surface area contributed by atoms with Gasteiger partial charge in [0.05, 0.1) is 39.5 Å². The standard InChI is InChI=1S/C29H40F2N4O7/c1-18(32-24(36)16-35-8-10-41-11-9-35)26(38)34-23(12-19-4-6-21(40-3)7-5-19)27(39)33-22(25(37)28(2)17-42-28)13-20-14-29(30,31)15-20/h4-7,18,20,22-23H,8-17H2,1-3H3,(H,32,36)(H,33,39)(H,34,38). The van der Waals surface area contributed by atoms with Crippen molar-refractivity contribution >= 4 is 23.5 Å². The molecule has 0 radical (unpaired) electrons. The third-order valence-corrected chi connectivity index (χ3v) is 7.95. The van der Waals surface area contributed by atoms with Gasteiger partial charge in [-0.05, 0) is 43.9 Å². The molecule has 0 aromatic heterocycles. The van der Waals surface area contributed by atoms with E-state index in [9.17, 15) is 28.0 Å². The van der Waals surface area contributed by atoms with Crippen molar-refractivity contribution in [2.24, 2.45) is 5.92 Å². The lowest BCUT2D eigenvalue weighted by Crippen LogP contribution is -2.57. The summed E-state index contributed by atoms with van der Waals surface area (Å²) in [4.78, 5) is 54.4. The summed E-state index contributed by atoms with van der Waals surface area (Å²) in [5.74, 6) is -4.53. The van der Waals surface area contributed by atoms with Crippen molar-refractivity contribution in [3.8, 4) is 5.75 Å². The lowest BCUT2D eigenvalue weighted by Gasteiger charge is -2.37. The van der Waals surface area contributed by atoms with Crippen LogP contribution in [0, 0.1) is 5.92 Å². The van der Waals surface area contributed by atoms with E-state index in [0.717, 1.165) is 0 Å². The summed E-state index contributed by atoms with van der Waals surface area (Å²) in [7, 11) is 1.53. The second kappa shape index (κ2) is 13.4. The zero-order valence-corrected chi connectivity index (χ0v) is 24.3. The van der Waals surface area contributed by atoms with Crippen molar-refractivity contribution in [1.82, 2.24) is 20.9 Å². The Morgan fingerprint density at radius 1 is 1.02 bits per heavy atom. The zero-order valence-electron chi connectivity index (χ0n) is 24.3. The fourth-order valence-electron chi connectivity index (χ4n) is 5.23. The molecule has 4 rings (SSSR count). The van der Waals surface area contributed by atoms with E-state index < -0.39 is 47.4 Å². The number of alkyl halides is 2. The molecular weight excluding hydrogens is 554 g/mol. The van der Waals surface area contributed by atoms with Gasteiger partial charge in [0, 0.05) is 32.4 Å². The quantitative estimate of drug-likeness (QED) is 0.270. The number of hydrogen-bond acceptors (Lipinski definition) is 8. The first-order valence-electron chi connectivity index (χ1n) is 14.3. The molecule has 1 aliphatic carbocycles. The maximum Gasteiger partial charge on any atom is 0.248 e. The van der Waals surface area contributed by atoms with Crippen LogP contribution >= 0.6 is 0 Å². The SMILES string of the molecule is COc1ccc(CC(NC(=O)C(C)NC(=O)CN2CCOCC2)C(=O)NC(CC2CC(F)(F)C2)C(=O)C2(C)CO2)cc1. The first-order chi connectivity index (χ1) is 19.9. The smallest absolute Gasteiger partial charge is 0.248 e. The molecule has 2 aliphatic heterocycles. The predicted molar refractivity (Wildman–Crippen MR) is 147 cm³/mol. The highest BCUT2D eigenvalue weighted by Crippen LogP contribution is 2.45. The Kier molecular flexibility index (Phi) is 10.2. The van der Waals surface area contributed by atoms with Gasteiger partial charge in [-0.2, -0.15) is 0 Å². The summed E-state index contributed by atoms with van der Waals surface area (Å²) in [6.45, 7) is 5.70. The van der Waals surface area contributed by atoms with Crippen molar-refractivity contribution < 1.29 is 42.2 Å². The van der Waals surface area contributed by atoms with Gasteiger partial charge in [0.25, 0.3) is 0 Å². The molecule has 1 aromatic rings. The van der Waals surface area contributed by atoms with Crippen molar-refractivity contribution in [2.45, 2.75) is 69.2 Å². The summed E-state index contributed by atoms with van der Waals surface area (Å²) in [6.07, 6.45) is -0.571. The summed E-state index contributed by atoms with van der Waals surface area (Å²) >= 11 is 0. The summed E-state index contributed by atoms with van der Waals surface area (Å²) in [5.41, 5.74) is -0.364. The monoisotopic (exact) mass is 594 g/mol. The van der Waals surface area contributed by atoms with Crippen LogP contribution in [0.1, 0.15) is 38.7 Å². The number of carbonyl (C=O) groups is 4. The van der Waals surface area contributed by atoms with Crippen molar-refractivity contribution in [3.63, 3.8) is 0 Å². The molecule has 3 fully saturated rings. The fraction of sp³-hybridized carbons (Fsp3) is 0.655. The van der Waals surface area contributed by atoms with E-state index in [4.69, 9.17) is 14.2 Å². The molecule has 1 saturated carbocycles. The van der Waals surface area contributed by atoms with Crippen LogP contribution < -0.4 is 20.7 Å². The Hall–Kier alpha value is -3.16. The lowest BCUT2D eigenvalue weighted by molar-refractivity contribution is -0.137. The van der Waals surface area contributed by atoms with E-state index in [0.29, 0.717) is 37.6 Å². The van der Waals surface area contributed by atoms with E-state index in [1.165, 1.54) is 14.0 Å². The van der Waals surface area contributed by atoms with Gasteiger partial charge in [0.15, 0.2) is 5.78 Å². The minimum absolute atomic E-state index is 0.0519. The average Bonchev–Trinajstić information content (AvgIpc) is 3.69. The van der Waals surface area contributed by atoms with Crippen LogP contribution in [0.2, 0.25) is 0 Å². The fourth-order valence-corrected chi connectivity index (χ4v) is 5.23. The normalized spacial score (nSPS) is 23.9. The van der Waals surface area contributed by atoms with Crippen LogP contribution in [0.5, 0.6) is 5.75 Å². The van der Waals surface area contributed by atoms with Crippen LogP contribution in [0.4, 0.5) is 8.78 Å². The number of amides is 3. The number of Topliss-reactive ketones (excluding diaryl/α,β-unsaturated/α-hetero) is 1. The van der Waals surface area contributed by atoms with E-state index in [1.807, 2.05) is 4.90 Å². The van der Waals surface area contributed by atoms with Gasteiger partial charge < -0.3 is 30.2 Å². The Bertz CT molecular complexity index is 1130. The molecule has 3 amide bonds. The van der Waals surface area contributed by atoms with Gasteiger partial charge in [-0.3, -0.25) is 24.1 Å². The highest BCUT2D eigenvalue weighted by Gasteiger charge is 2.53. The first kappa shape index (κ1) is 31.8. The molecule has 3 N–H and O–H groups in total. The largest absolute Gasteiger partial charge is 0.497 e. The topological polar surface area (TPSA) is 139 Å². The second-order valence-corrected chi connectivity index (χ2v) is 11.6. The summed E-state index contributed by atoms with van der Waals surface area (Å²) in [5, 5.41) is 8.08. The number of methoxy groups -OCH3 is 1. The van der Waals surface area contributed by atoms with E-state index in [1.54, 1.807) is 31.2 Å². The van der Waals surface area contributed by atoms with Crippen LogP contribution in [0.25, 0.3) is 0 Å². The highest BCUT2D eigenvalue weighted by molar-refractivity contribution is 5.98. The molecule has 11 nitrogen and oxygen atoms in total. The molecule has 0 bridgehead atoms. The number of ether oxygens (including phenoxy) is 3. The average molecular weight is 595 g/mol. The minimum Gasteiger partial charge on any atom is -0.497 e. The molecule has 232 valence electrons. The third kappa shape index (κ3) is 8.68. The van der Waals surface area contributed by atoms with Gasteiger partial charge in [0.2, 0.25) is 23.6 Å². The van der Waals surface area contributed by atoms with Gasteiger partial charge in [0.1, 0.15) is 23.4 Å². The lowest BCUT2D eigenvalue weighted by atomic mass is 9.76. The number of halogens is 2.